The summed E-state index contributed by atoms with van der Waals surface area (Å²) in [5.74, 6) is 2.07. The van der Waals surface area contributed by atoms with Gasteiger partial charge in [-0.3, -0.25) is 0 Å². The lowest BCUT2D eigenvalue weighted by molar-refractivity contribution is 0.435. The van der Waals surface area contributed by atoms with Gasteiger partial charge in [0.05, 0.1) is 0 Å². The molecule has 0 amide bonds. The summed E-state index contributed by atoms with van der Waals surface area (Å²) in [4.78, 5) is 7.13. The van der Waals surface area contributed by atoms with E-state index in [2.05, 4.69) is 41.2 Å². The zero-order valence-electron chi connectivity index (χ0n) is 13.2. The van der Waals surface area contributed by atoms with Crippen molar-refractivity contribution in [1.29, 1.82) is 0 Å². The van der Waals surface area contributed by atoms with Gasteiger partial charge in [-0.25, -0.2) is 4.98 Å². The number of aromatic nitrogens is 1. The van der Waals surface area contributed by atoms with Crippen LogP contribution in [-0.2, 0) is 0 Å². The Morgan fingerprint density at radius 1 is 1.35 bits per heavy atom. The Kier molecular flexibility index (Phi) is 5.84. The summed E-state index contributed by atoms with van der Waals surface area (Å²) >= 11 is 0. The fraction of sp³-hybridized carbons (Fsp3) is 0.706. The first-order chi connectivity index (χ1) is 9.74. The predicted octanol–water partition coefficient (Wildman–Crippen LogP) is 3.77. The minimum atomic E-state index is 0.370. The van der Waals surface area contributed by atoms with Gasteiger partial charge >= 0.3 is 0 Å². The van der Waals surface area contributed by atoms with Gasteiger partial charge in [0, 0.05) is 25.3 Å². The summed E-state index contributed by atoms with van der Waals surface area (Å²) in [5.41, 5.74) is 1.26. The van der Waals surface area contributed by atoms with Crippen molar-refractivity contribution in [3.63, 3.8) is 0 Å². The van der Waals surface area contributed by atoms with Crippen LogP contribution < -0.4 is 10.2 Å². The van der Waals surface area contributed by atoms with Crippen molar-refractivity contribution in [3.05, 3.63) is 23.9 Å². The number of hydrogen-bond acceptors (Lipinski definition) is 3. The van der Waals surface area contributed by atoms with Crippen LogP contribution in [0.2, 0.25) is 0 Å². The molecule has 0 aromatic carbocycles. The first kappa shape index (κ1) is 15.3. The molecule has 1 aromatic rings. The number of hydrogen-bond donors (Lipinski definition) is 1. The van der Waals surface area contributed by atoms with Crippen LogP contribution in [0, 0.1) is 5.92 Å². The predicted molar refractivity (Wildman–Crippen MR) is 86.2 cm³/mol. The van der Waals surface area contributed by atoms with Crippen molar-refractivity contribution < 1.29 is 0 Å². The van der Waals surface area contributed by atoms with E-state index in [-0.39, 0.29) is 0 Å². The summed E-state index contributed by atoms with van der Waals surface area (Å²) in [5, 5.41) is 3.26. The highest BCUT2D eigenvalue weighted by Crippen LogP contribution is 2.25. The van der Waals surface area contributed by atoms with E-state index in [1.165, 1.54) is 44.2 Å². The van der Waals surface area contributed by atoms with E-state index in [0.29, 0.717) is 6.04 Å². The van der Waals surface area contributed by atoms with Crippen LogP contribution in [-0.4, -0.2) is 25.1 Å². The summed E-state index contributed by atoms with van der Waals surface area (Å²) in [6, 6.07) is 4.76. The van der Waals surface area contributed by atoms with Crippen LogP contribution in [0.5, 0.6) is 0 Å². The first-order valence-corrected chi connectivity index (χ1v) is 8.12. The molecule has 3 nitrogen and oxygen atoms in total. The molecule has 2 unspecified atom stereocenters. The molecule has 3 heteroatoms. The highest BCUT2D eigenvalue weighted by Gasteiger charge is 2.17. The molecule has 0 radical (unpaired) electrons. The third-order valence-corrected chi connectivity index (χ3v) is 4.57. The number of pyridine rings is 1. The molecular formula is C17H29N3. The second-order valence-electron chi connectivity index (χ2n) is 6.03. The molecule has 0 spiro atoms. The summed E-state index contributed by atoms with van der Waals surface area (Å²) in [7, 11) is 1.99. The van der Waals surface area contributed by atoms with Gasteiger partial charge in [-0.2, -0.15) is 0 Å². The quantitative estimate of drug-likeness (QED) is 0.886. The lowest BCUT2D eigenvalue weighted by Crippen LogP contribution is -2.25. The Morgan fingerprint density at radius 3 is 2.85 bits per heavy atom. The molecule has 0 bridgehead atoms. The van der Waals surface area contributed by atoms with Crippen LogP contribution >= 0.6 is 0 Å². The average molecular weight is 275 g/mol. The molecule has 1 aliphatic heterocycles. The monoisotopic (exact) mass is 275 g/mol. The van der Waals surface area contributed by atoms with Crippen LogP contribution in [0.15, 0.2) is 18.3 Å². The largest absolute Gasteiger partial charge is 0.357 e. The van der Waals surface area contributed by atoms with Crippen molar-refractivity contribution in [2.45, 2.75) is 52.0 Å². The number of nitrogens with zero attached hydrogens (tertiary/aromatic N) is 2. The normalized spacial score (nSPS) is 21.6. The first-order valence-electron chi connectivity index (χ1n) is 8.12. The summed E-state index contributed by atoms with van der Waals surface area (Å²) < 4.78 is 0. The van der Waals surface area contributed by atoms with E-state index < -0.39 is 0 Å². The molecule has 20 heavy (non-hydrogen) atoms. The van der Waals surface area contributed by atoms with Gasteiger partial charge in [-0.1, -0.05) is 25.8 Å². The maximum atomic E-state index is 4.67. The fourth-order valence-electron chi connectivity index (χ4n) is 3.10. The molecule has 0 saturated carbocycles. The van der Waals surface area contributed by atoms with E-state index in [1.807, 2.05) is 13.2 Å². The molecule has 1 aliphatic rings. The number of anilines is 1. The highest BCUT2D eigenvalue weighted by molar-refractivity contribution is 5.39. The standard InChI is InChI=1S/C17H29N3/c1-4-6-15-7-5-11-20(12-10-15)17-9-8-16(13-19-17)14(2)18-3/h8-9,13-15,18H,4-7,10-12H2,1-3H3. The van der Waals surface area contributed by atoms with Gasteiger partial charge in [0.15, 0.2) is 0 Å². The van der Waals surface area contributed by atoms with Gasteiger partial charge in [0.2, 0.25) is 0 Å². The van der Waals surface area contributed by atoms with Gasteiger partial charge in [-0.15, -0.1) is 0 Å². The van der Waals surface area contributed by atoms with E-state index in [0.717, 1.165) is 18.3 Å². The van der Waals surface area contributed by atoms with Crippen LogP contribution in [0.3, 0.4) is 0 Å². The minimum Gasteiger partial charge on any atom is -0.357 e. The van der Waals surface area contributed by atoms with Crippen LogP contribution in [0.25, 0.3) is 0 Å². The van der Waals surface area contributed by atoms with Crippen molar-refractivity contribution in [2.24, 2.45) is 5.92 Å². The SMILES string of the molecule is CCCC1CCCN(c2ccc(C(C)NC)cn2)CC1. The Morgan fingerprint density at radius 2 is 2.20 bits per heavy atom. The third-order valence-electron chi connectivity index (χ3n) is 4.57. The van der Waals surface area contributed by atoms with Crippen LogP contribution in [0.1, 0.15) is 57.6 Å². The van der Waals surface area contributed by atoms with Gasteiger partial charge in [0.25, 0.3) is 0 Å². The average Bonchev–Trinajstić information content (AvgIpc) is 2.73. The van der Waals surface area contributed by atoms with Crippen molar-refractivity contribution in [3.8, 4) is 0 Å². The van der Waals surface area contributed by atoms with E-state index in [1.54, 1.807) is 0 Å². The smallest absolute Gasteiger partial charge is 0.128 e. The topological polar surface area (TPSA) is 28.2 Å². The second kappa shape index (κ2) is 7.63. The third kappa shape index (κ3) is 3.95. The number of nitrogens with one attached hydrogen (secondary N) is 1. The second-order valence-corrected chi connectivity index (χ2v) is 6.03. The van der Waals surface area contributed by atoms with E-state index >= 15 is 0 Å². The maximum Gasteiger partial charge on any atom is 0.128 e. The zero-order chi connectivity index (χ0) is 14.4. The van der Waals surface area contributed by atoms with Crippen LogP contribution in [0.4, 0.5) is 5.82 Å². The van der Waals surface area contributed by atoms with Gasteiger partial charge in [-0.05, 0) is 50.8 Å². The Hall–Kier alpha value is -1.09. The van der Waals surface area contributed by atoms with E-state index in [4.69, 9.17) is 0 Å². The lowest BCUT2D eigenvalue weighted by atomic mass is 9.96. The fourth-order valence-corrected chi connectivity index (χ4v) is 3.10. The van der Waals surface area contributed by atoms with Gasteiger partial charge < -0.3 is 10.2 Å². The van der Waals surface area contributed by atoms with Crippen molar-refractivity contribution in [1.82, 2.24) is 10.3 Å². The van der Waals surface area contributed by atoms with Gasteiger partial charge in [0.1, 0.15) is 5.82 Å². The molecule has 1 fully saturated rings. The highest BCUT2D eigenvalue weighted by atomic mass is 15.2. The Labute approximate surface area is 123 Å². The molecule has 112 valence electrons. The molecule has 2 rings (SSSR count). The molecule has 1 aromatic heterocycles. The Balaban J connectivity index is 1.97. The maximum absolute atomic E-state index is 4.67. The molecule has 1 N–H and O–H groups in total. The van der Waals surface area contributed by atoms with Crippen molar-refractivity contribution >= 4 is 5.82 Å². The molecule has 2 heterocycles. The Bertz CT molecular complexity index is 388. The molecule has 2 atom stereocenters. The molecular weight excluding hydrogens is 246 g/mol. The lowest BCUT2D eigenvalue weighted by Gasteiger charge is -2.22. The number of rotatable bonds is 5. The molecule has 1 saturated heterocycles. The minimum absolute atomic E-state index is 0.370. The summed E-state index contributed by atoms with van der Waals surface area (Å²) in [6.07, 6.45) is 8.74. The van der Waals surface area contributed by atoms with Crippen molar-refractivity contribution in [2.75, 3.05) is 25.0 Å². The summed E-state index contributed by atoms with van der Waals surface area (Å²) in [6.45, 7) is 6.79. The van der Waals surface area contributed by atoms with E-state index in [9.17, 15) is 0 Å². The zero-order valence-corrected chi connectivity index (χ0v) is 13.2. The molecule has 0 aliphatic carbocycles.